The summed E-state index contributed by atoms with van der Waals surface area (Å²) in [7, 11) is -3.55. The van der Waals surface area contributed by atoms with Crippen molar-refractivity contribution in [2.45, 2.75) is 84.5 Å². The summed E-state index contributed by atoms with van der Waals surface area (Å²) in [6, 6.07) is 7.28. The van der Waals surface area contributed by atoms with Crippen LogP contribution in [0.4, 0.5) is 0 Å². The first-order chi connectivity index (χ1) is 15.0. The van der Waals surface area contributed by atoms with Crippen molar-refractivity contribution in [1.82, 2.24) is 4.31 Å². The Morgan fingerprint density at radius 3 is 2.19 bits per heavy atom. The largest absolute Gasteiger partial charge is 0.243 e. The number of benzene rings is 1. The molecule has 1 aromatic rings. The van der Waals surface area contributed by atoms with Crippen molar-refractivity contribution in [2.24, 2.45) is 10.8 Å². The monoisotopic (exact) mass is 453 g/mol. The maximum atomic E-state index is 13.7. The summed E-state index contributed by atoms with van der Waals surface area (Å²) in [5.41, 5.74) is 7.84. The number of allylic oxidation sites excluding steroid dienone is 2. The van der Waals surface area contributed by atoms with Gasteiger partial charge in [-0.3, -0.25) is 0 Å². The van der Waals surface area contributed by atoms with Gasteiger partial charge in [-0.25, -0.2) is 8.42 Å². The van der Waals surface area contributed by atoms with Crippen LogP contribution in [0.5, 0.6) is 0 Å². The van der Waals surface area contributed by atoms with Gasteiger partial charge in [-0.1, -0.05) is 82.4 Å². The van der Waals surface area contributed by atoms with Crippen LogP contribution in [0.2, 0.25) is 0 Å². The van der Waals surface area contributed by atoms with Gasteiger partial charge in [0.15, 0.2) is 0 Å². The SMILES string of the molecule is C=C1CC2=C(CC)CN(S(=O)(=O)c3ccc(C)cc3)CC2=C(C(C)(C)C)C12CCCCC2. The fourth-order valence-electron chi connectivity index (χ4n) is 6.44. The molecule has 0 bridgehead atoms. The molecule has 1 spiro atoms. The van der Waals surface area contributed by atoms with E-state index in [-0.39, 0.29) is 10.8 Å². The van der Waals surface area contributed by atoms with Gasteiger partial charge in [0.1, 0.15) is 0 Å². The van der Waals surface area contributed by atoms with E-state index in [9.17, 15) is 8.42 Å². The van der Waals surface area contributed by atoms with Crippen LogP contribution in [-0.2, 0) is 10.0 Å². The minimum atomic E-state index is -3.55. The molecule has 0 N–H and O–H groups in total. The summed E-state index contributed by atoms with van der Waals surface area (Å²) in [4.78, 5) is 0.396. The fourth-order valence-corrected chi connectivity index (χ4v) is 7.85. The van der Waals surface area contributed by atoms with E-state index >= 15 is 0 Å². The van der Waals surface area contributed by atoms with E-state index in [1.165, 1.54) is 47.1 Å². The number of hydrogen-bond acceptors (Lipinski definition) is 2. The van der Waals surface area contributed by atoms with Crippen LogP contribution in [0, 0.1) is 17.8 Å². The second kappa shape index (κ2) is 8.29. The second-order valence-corrected chi connectivity index (χ2v) is 13.0. The number of aryl methyl sites for hydroxylation is 1. The van der Waals surface area contributed by atoms with Crippen molar-refractivity contribution < 1.29 is 8.42 Å². The Balaban J connectivity index is 1.89. The molecule has 0 atom stereocenters. The minimum absolute atomic E-state index is 0.0310. The summed E-state index contributed by atoms with van der Waals surface area (Å²) in [6.07, 6.45) is 7.85. The maximum absolute atomic E-state index is 13.7. The molecule has 1 fully saturated rings. The molecular formula is C28H39NO2S. The Hall–Kier alpha value is -1.65. The first-order valence-electron chi connectivity index (χ1n) is 12.2. The van der Waals surface area contributed by atoms with Crippen molar-refractivity contribution in [2.75, 3.05) is 13.1 Å². The summed E-state index contributed by atoms with van der Waals surface area (Å²) < 4.78 is 29.1. The number of hydrogen-bond donors (Lipinski definition) is 0. The standard InChI is InChI=1S/C28H39NO2S/c1-7-22-18-29(32(30,31)23-13-11-20(2)12-14-23)19-25-24(22)17-21(3)28(15-9-8-10-16-28)26(25)27(4,5)6/h11-14H,3,7-10,15-19H2,1-2,4-6H3. The number of fused-ring (bicyclic) bond motifs is 1. The van der Waals surface area contributed by atoms with E-state index in [1.54, 1.807) is 16.4 Å². The van der Waals surface area contributed by atoms with Crippen LogP contribution < -0.4 is 0 Å². The highest BCUT2D eigenvalue weighted by molar-refractivity contribution is 7.89. The fraction of sp³-hybridized carbons (Fsp3) is 0.571. The summed E-state index contributed by atoms with van der Waals surface area (Å²) in [5, 5.41) is 0. The molecule has 0 aromatic heterocycles. The first-order valence-corrected chi connectivity index (χ1v) is 13.6. The Bertz CT molecular complexity index is 1080. The van der Waals surface area contributed by atoms with E-state index in [1.807, 2.05) is 19.1 Å². The molecule has 174 valence electrons. The third-order valence-corrected chi connectivity index (χ3v) is 9.69. The average molecular weight is 454 g/mol. The molecular weight excluding hydrogens is 414 g/mol. The van der Waals surface area contributed by atoms with E-state index in [2.05, 4.69) is 34.3 Å². The second-order valence-electron chi connectivity index (χ2n) is 11.0. The lowest BCUT2D eigenvalue weighted by atomic mass is 9.53. The van der Waals surface area contributed by atoms with Gasteiger partial charge in [-0.05, 0) is 66.9 Å². The maximum Gasteiger partial charge on any atom is 0.243 e. The predicted octanol–water partition coefficient (Wildman–Crippen LogP) is 6.96. The van der Waals surface area contributed by atoms with E-state index in [4.69, 9.17) is 0 Å². The molecule has 1 aliphatic heterocycles. The van der Waals surface area contributed by atoms with Gasteiger partial charge in [-0.15, -0.1) is 0 Å². The summed E-state index contributed by atoms with van der Waals surface area (Å²) >= 11 is 0. The first kappa shape index (κ1) is 23.5. The highest BCUT2D eigenvalue weighted by atomic mass is 32.2. The molecule has 0 saturated heterocycles. The Labute approximate surface area is 195 Å². The van der Waals surface area contributed by atoms with Gasteiger partial charge in [-0.2, -0.15) is 4.31 Å². The van der Waals surface area contributed by atoms with Gasteiger partial charge in [0, 0.05) is 18.5 Å². The number of nitrogens with zero attached hydrogens (tertiary/aromatic N) is 1. The molecule has 1 heterocycles. The predicted molar refractivity (Wildman–Crippen MR) is 133 cm³/mol. The minimum Gasteiger partial charge on any atom is -0.207 e. The van der Waals surface area contributed by atoms with Crippen LogP contribution in [-0.4, -0.2) is 25.8 Å². The van der Waals surface area contributed by atoms with Gasteiger partial charge in [0.25, 0.3) is 0 Å². The molecule has 0 radical (unpaired) electrons. The van der Waals surface area contributed by atoms with Crippen LogP contribution >= 0.6 is 0 Å². The van der Waals surface area contributed by atoms with Gasteiger partial charge in [0.2, 0.25) is 10.0 Å². The molecule has 0 amide bonds. The lowest BCUT2D eigenvalue weighted by Gasteiger charge is -2.52. The van der Waals surface area contributed by atoms with Crippen molar-refractivity contribution in [1.29, 1.82) is 0 Å². The molecule has 4 rings (SSSR count). The molecule has 32 heavy (non-hydrogen) atoms. The van der Waals surface area contributed by atoms with Crippen LogP contribution in [0.15, 0.2) is 63.6 Å². The smallest absolute Gasteiger partial charge is 0.207 e. The Kier molecular flexibility index (Phi) is 6.09. The molecule has 4 heteroatoms. The average Bonchev–Trinajstić information content (AvgIpc) is 2.74. The van der Waals surface area contributed by atoms with Crippen LogP contribution in [0.1, 0.15) is 78.2 Å². The van der Waals surface area contributed by atoms with Crippen molar-refractivity contribution in [3.05, 3.63) is 64.3 Å². The van der Waals surface area contributed by atoms with Gasteiger partial charge < -0.3 is 0 Å². The quantitative estimate of drug-likeness (QED) is 0.464. The highest BCUT2D eigenvalue weighted by Gasteiger charge is 2.49. The van der Waals surface area contributed by atoms with E-state index < -0.39 is 10.0 Å². The summed E-state index contributed by atoms with van der Waals surface area (Å²) in [5.74, 6) is 0. The Morgan fingerprint density at radius 1 is 1.00 bits per heavy atom. The van der Waals surface area contributed by atoms with Crippen molar-refractivity contribution >= 4 is 10.0 Å². The van der Waals surface area contributed by atoms with E-state index in [0.717, 1.165) is 31.2 Å². The summed E-state index contributed by atoms with van der Waals surface area (Å²) in [6.45, 7) is 16.7. The lowest BCUT2D eigenvalue weighted by Crippen LogP contribution is -2.45. The van der Waals surface area contributed by atoms with Crippen LogP contribution in [0.3, 0.4) is 0 Å². The zero-order chi connectivity index (χ0) is 23.3. The zero-order valence-electron chi connectivity index (χ0n) is 20.6. The molecule has 3 aliphatic rings. The number of sulfonamides is 1. The van der Waals surface area contributed by atoms with Gasteiger partial charge >= 0.3 is 0 Å². The molecule has 3 nitrogen and oxygen atoms in total. The molecule has 1 aromatic carbocycles. The topological polar surface area (TPSA) is 37.4 Å². The van der Waals surface area contributed by atoms with Gasteiger partial charge in [0.05, 0.1) is 4.90 Å². The van der Waals surface area contributed by atoms with Crippen molar-refractivity contribution in [3.8, 4) is 0 Å². The third kappa shape index (κ3) is 3.84. The van der Waals surface area contributed by atoms with Crippen LogP contribution in [0.25, 0.3) is 0 Å². The number of rotatable bonds is 3. The Morgan fingerprint density at radius 2 is 1.62 bits per heavy atom. The van der Waals surface area contributed by atoms with E-state index in [0.29, 0.717) is 18.0 Å². The molecule has 2 aliphatic carbocycles. The highest BCUT2D eigenvalue weighted by Crippen LogP contribution is 2.60. The molecule has 1 saturated carbocycles. The zero-order valence-corrected chi connectivity index (χ0v) is 21.4. The normalized spacial score (nSPS) is 22.5. The lowest BCUT2D eigenvalue weighted by molar-refractivity contribution is 0.228. The third-order valence-electron chi connectivity index (χ3n) is 7.88. The van der Waals surface area contributed by atoms with Crippen molar-refractivity contribution in [3.63, 3.8) is 0 Å². The molecule has 0 unspecified atom stereocenters.